The van der Waals surface area contributed by atoms with Crippen LogP contribution in [0.25, 0.3) is 0 Å². The van der Waals surface area contributed by atoms with Gasteiger partial charge in [0.1, 0.15) is 0 Å². The van der Waals surface area contributed by atoms with Gasteiger partial charge in [-0.25, -0.2) is 0 Å². The third-order valence-corrected chi connectivity index (χ3v) is 5.96. The molecule has 0 saturated heterocycles. The van der Waals surface area contributed by atoms with E-state index < -0.39 is 12.0 Å². The standard InChI is InChI=1S/C16H26N2O3/c1-18(16(21)13(17)2-3-14(19)20)15-11-5-9-4-10(7-11)8-12(15)6-9/h9-13,15H,2-8,17H2,1H3,(H,19,20). The van der Waals surface area contributed by atoms with E-state index in [0.29, 0.717) is 17.9 Å². The van der Waals surface area contributed by atoms with Crippen LogP contribution in [-0.4, -0.2) is 41.0 Å². The van der Waals surface area contributed by atoms with Crippen molar-refractivity contribution in [3.8, 4) is 0 Å². The van der Waals surface area contributed by atoms with Crippen molar-refractivity contribution in [2.75, 3.05) is 7.05 Å². The average molecular weight is 294 g/mol. The summed E-state index contributed by atoms with van der Waals surface area (Å²) in [7, 11) is 1.87. The number of likely N-dealkylation sites (N-methyl/N-ethyl adjacent to an activating group) is 1. The number of rotatable bonds is 5. The van der Waals surface area contributed by atoms with Crippen molar-refractivity contribution in [1.82, 2.24) is 4.90 Å². The summed E-state index contributed by atoms with van der Waals surface area (Å²) in [6.45, 7) is 0. The smallest absolute Gasteiger partial charge is 0.303 e. The summed E-state index contributed by atoms with van der Waals surface area (Å²) in [5.74, 6) is 2.08. The summed E-state index contributed by atoms with van der Waals surface area (Å²) in [5.41, 5.74) is 5.90. The van der Waals surface area contributed by atoms with Gasteiger partial charge < -0.3 is 15.7 Å². The highest BCUT2D eigenvalue weighted by Crippen LogP contribution is 2.54. The number of nitrogens with zero attached hydrogens (tertiary/aromatic N) is 1. The Balaban J connectivity index is 1.63. The topological polar surface area (TPSA) is 83.6 Å². The van der Waals surface area contributed by atoms with Crippen LogP contribution in [0.15, 0.2) is 0 Å². The normalized spacial score (nSPS) is 38.3. The van der Waals surface area contributed by atoms with Gasteiger partial charge in [0.15, 0.2) is 0 Å². The number of carbonyl (C=O) groups excluding carboxylic acids is 1. The maximum atomic E-state index is 12.5. The van der Waals surface area contributed by atoms with Crippen LogP contribution in [0.3, 0.4) is 0 Å². The molecular formula is C16H26N2O3. The molecule has 5 heteroatoms. The summed E-state index contributed by atoms with van der Waals surface area (Å²) < 4.78 is 0. The average Bonchev–Trinajstić information content (AvgIpc) is 2.42. The van der Waals surface area contributed by atoms with E-state index in [1.807, 2.05) is 11.9 Å². The minimum atomic E-state index is -0.893. The lowest BCUT2D eigenvalue weighted by Gasteiger charge is -2.56. The maximum Gasteiger partial charge on any atom is 0.303 e. The Hall–Kier alpha value is -1.10. The van der Waals surface area contributed by atoms with Crippen molar-refractivity contribution in [2.24, 2.45) is 29.4 Å². The summed E-state index contributed by atoms with van der Waals surface area (Å²) >= 11 is 0. The number of nitrogens with two attached hydrogens (primary N) is 1. The van der Waals surface area contributed by atoms with Crippen molar-refractivity contribution in [1.29, 1.82) is 0 Å². The zero-order valence-corrected chi connectivity index (χ0v) is 12.7. The molecule has 4 fully saturated rings. The summed E-state index contributed by atoms with van der Waals surface area (Å²) in [6, 6.07) is -0.343. The molecule has 1 unspecified atom stereocenters. The molecule has 0 aliphatic heterocycles. The lowest BCUT2D eigenvalue weighted by Crippen LogP contribution is -2.58. The van der Waals surface area contributed by atoms with Gasteiger partial charge in [-0.2, -0.15) is 0 Å². The third kappa shape index (κ3) is 2.80. The molecule has 4 rings (SSSR count). The van der Waals surface area contributed by atoms with Gasteiger partial charge in [-0.3, -0.25) is 9.59 Å². The van der Waals surface area contributed by atoms with Crippen molar-refractivity contribution < 1.29 is 14.7 Å². The molecule has 4 saturated carbocycles. The molecule has 118 valence electrons. The molecule has 21 heavy (non-hydrogen) atoms. The number of carboxylic acid groups (broad SMARTS) is 1. The first kappa shape index (κ1) is 14.8. The van der Waals surface area contributed by atoms with Crippen LogP contribution in [0.5, 0.6) is 0 Å². The van der Waals surface area contributed by atoms with E-state index in [1.54, 1.807) is 0 Å². The van der Waals surface area contributed by atoms with Gasteiger partial charge in [0.25, 0.3) is 0 Å². The van der Waals surface area contributed by atoms with Gasteiger partial charge in [-0.05, 0) is 62.2 Å². The van der Waals surface area contributed by atoms with Crippen LogP contribution in [-0.2, 0) is 9.59 Å². The molecule has 1 amide bonds. The first-order chi connectivity index (χ1) is 9.95. The highest BCUT2D eigenvalue weighted by Gasteiger charge is 2.50. The fourth-order valence-electron chi connectivity index (χ4n) is 5.34. The molecule has 0 spiro atoms. The van der Waals surface area contributed by atoms with Gasteiger partial charge in [0.05, 0.1) is 6.04 Å². The fraction of sp³-hybridized carbons (Fsp3) is 0.875. The minimum Gasteiger partial charge on any atom is -0.481 e. The van der Waals surface area contributed by atoms with E-state index in [1.165, 1.54) is 32.1 Å². The molecule has 0 aromatic rings. The highest BCUT2D eigenvalue weighted by atomic mass is 16.4. The molecule has 0 radical (unpaired) electrons. The predicted octanol–water partition coefficient (Wildman–Crippen LogP) is 1.46. The number of hydrogen-bond acceptors (Lipinski definition) is 3. The van der Waals surface area contributed by atoms with E-state index in [0.717, 1.165) is 11.8 Å². The fourth-order valence-corrected chi connectivity index (χ4v) is 5.34. The van der Waals surface area contributed by atoms with Crippen molar-refractivity contribution in [3.05, 3.63) is 0 Å². The number of hydrogen-bond donors (Lipinski definition) is 2. The first-order valence-electron chi connectivity index (χ1n) is 8.19. The molecule has 5 nitrogen and oxygen atoms in total. The number of amides is 1. The number of aliphatic carboxylic acids is 1. The molecule has 3 N–H and O–H groups in total. The van der Waals surface area contributed by atoms with E-state index in [9.17, 15) is 9.59 Å². The largest absolute Gasteiger partial charge is 0.481 e. The van der Waals surface area contributed by atoms with E-state index in [-0.39, 0.29) is 18.7 Å². The molecule has 4 aliphatic carbocycles. The van der Waals surface area contributed by atoms with Crippen LogP contribution in [0, 0.1) is 23.7 Å². The van der Waals surface area contributed by atoms with E-state index >= 15 is 0 Å². The maximum absolute atomic E-state index is 12.5. The Bertz CT molecular complexity index is 409. The van der Waals surface area contributed by atoms with Crippen LogP contribution < -0.4 is 5.73 Å². The van der Waals surface area contributed by atoms with E-state index in [2.05, 4.69) is 0 Å². The molecule has 4 aliphatic rings. The van der Waals surface area contributed by atoms with Crippen LogP contribution >= 0.6 is 0 Å². The Morgan fingerprint density at radius 2 is 1.67 bits per heavy atom. The van der Waals surface area contributed by atoms with E-state index in [4.69, 9.17) is 10.8 Å². The van der Waals surface area contributed by atoms with Crippen LogP contribution in [0.2, 0.25) is 0 Å². The Morgan fingerprint density at radius 3 is 2.14 bits per heavy atom. The summed E-state index contributed by atoms with van der Waals surface area (Å²) in [5, 5.41) is 8.72. The lowest BCUT2D eigenvalue weighted by atomic mass is 9.54. The Labute approximate surface area is 125 Å². The highest BCUT2D eigenvalue weighted by molar-refractivity contribution is 5.82. The van der Waals surface area contributed by atoms with Crippen molar-refractivity contribution >= 4 is 11.9 Å². The zero-order chi connectivity index (χ0) is 15.1. The molecule has 1 atom stereocenters. The quantitative estimate of drug-likeness (QED) is 0.804. The molecule has 4 bridgehead atoms. The van der Waals surface area contributed by atoms with Gasteiger partial charge in [-0.1, -0.05) is 0 Å². The van der Waals surface area contributed by atoms with Crippen LogP contribution in [0.4, 0.5) is 0 Å². The Kier molecular flexibility index (Phi) is 3.95. The minimum absolute atomic E-state index is 0.0393. The van der Waals surface area contributed by atoms with Gasteiger partial charge >= 0.3 is 5.97 Å². The van der Waals surface area contributed by atoms with Crippen molar-refractivity contribution in [3.63, 3.8) is 0 Å². The SMILES string of the molecule is CN(C(=O)C(N)CCC(=O)O)C1C2CC3CC(C2)CC1C3. The number of carbonyl (C=O) groups is 2. The zero-order valence-electron chi connectivity index (χ0n) is 12.7. The second-order valence-electron chi connectivity index (χ2n) is 7.41. The van der Waals surface area contributed by atoms with Gasteiger partial charge in [0.2, 0.25) is 5.91 Å². The van der Waals surface area contributed by atoms with Crippen LogP contribution in [0.1, 0.15) is 44.9 Å². The van der Waals surface area contributed by atoms with Crippen molar-refractivity contribution in [2.45, 2.75) is 57.0 Å². The first-order valence-corrected chi connectivity index (χ1v) is 8.19. The second-order valence-corrected chi connectivity index (χ2v) is 7.41. The summed E-state index contributed by atoms with van der Waals surface area (Å²) in [6.07, 6.45) is 6.64. The molecule has 0 aromatic heterocycles. The second kappa shape index (κ2) is 5.59. The molecule has 0 aromatic carbocycles. The Morgan fingerprint density at radius 1 is 1.14 bits per heavy atom. The molecule has 0 heterocycles. The number of carboxylic acids is 1. The predicted molar refractivity (Wildman–Crippen MR) is 78.4 cm³/mol. The molecular weight excluding hydrogens is 268 g/mol. The summed E-state index contributed by atoms with van der Waals surface area (Å²) in [4.78, 5) is 25.0. The van der Waals surface area contributed by atoms with Gasteiger partial charge in [-0.15, -0.1) is 0 Å². The third-order valence-electron chi connectivity index (χ3n) is 5.96. The van der Waals surface area contributed by atoms with Gasteiger partial charge in [0, 0.05) is 19.5 Å². The monoisotopic (exact) mass is 294 g/mol. The lowest BCUT2D eigenvalue weighted by molar-refractivity contribution is -0.143.